The molecule has 1 aliphatic carbocycles. The van der Waals surface area contributed by atoms with Gasteiger partial charge in [0.25, 0.3) is 11.8 Å². The van der Waals surface area contributed by atoms with Crippen molar-refractivity contribution in [2.24, 2.45) is 0 Å². The Morgan fingerprint density at radius 1 is 0.929 bits per heavy atom. The number of rotatable bonds is 6. The summed E-state index contributed by atoms with van der Waals surface area (Å²) in [7, 11) is 0. The average Bonchev–Trinajstić information content (AvgIpc) is 3.57. The molecule has 1 aromatic heterocycles. The number of benzene rings is 2. The highest BCUT2D eigenvalue weighted by atomic mass is 16.2. The Bertz CT molecular complexity index is 969. The van der Waals surface area contributed by atoms with Crippen molar-refractivity contribution in [1.82, 2.24) is 10.3 Å². The molecular weight excluding hydrogens is 350 g/mol. The molecule has 1 fully saturated rings. The number of amides is 2. The summed E-state index contributed by atoms with van der Waals surface area (Å²) in [6.45, 7) is 0.433. The lowest BCUT2D eigenvalue weighted by Gasteiger charge is -2.23. The van der Waals surface area contributed by atoms with Crippen molar-refractivity contribution >= 4 is 17.5 Å². The average molecular weight is 371 g/mol. The van der Waals surface area contributed by atoms with E-state index in [0.29, 0.717) is 17.7 Å². The summed E-state index contributed by atoms with van der Waals surface area (Å²) in [5, 5.41) is 2.93. The van der Waals surface area contributed by atoms with Gasteiger partial charge in [0.15, 0.2) is 0 Å². The van der Waals surface area contributed by atoms with Crippen molar-refractivity contribution < 1.29 is 9.59 Å². The number of carbonyl (C=O) groups excluding carboxylic acids is 2. The molecule has 0 aliphatic heterocycles. The first kappa shape index (κ1) is 17.9. The Morgan fingerprint density at radius 2 is 1.57 bits per heavy atom. The van der Waals surface area contributed by atoms with E-state index >= 15 is 0 Å². The molecule has 2 amide bonds. The lowest BCUT2D eigenvalue weighted by atomic mass is 10.1. The lowest BCUT2D eigenvalue weighted by molar-refractivity contribution is 0.0950. The van der Waals surface area contributed by atoms with Crippen LogP contribution in [0, 0.1) is 0 Å². The lowest BCUT2D eigenvalue weighted by Crippen LogP contribution is -2.31. The first-order chi connectivity index (χ1) is 13.7. The Kier molecular flexibility index (Phi) is 5.15. The fraction of sp³-hybridized carbons (Fsp3) is 0.174. The van der Waals surface area contributed by atoms with E-state index in [0.717, 1.165) is 24.1 Å². The van der Waals surface area contributed by atoms with Gasteiger partial charge >= 0.3 is 0 Å². The number of para-hydroxylation sites is 1. The van der Waals surface area contributed by atoms with Gasteiger partial charge in [0.05, 0.1) is 17.7 Å². The van der Waals surface area contributed by atoms with Gasteiger partial charge in [-0.25, -0.2) is 0 Å². The minimum Gasteiger partial charge on any atom is -0.349 e. The number of hydrogen-bond acceptors (Lipinski definition) is 3. The highest BCUT2D eigenvalue weighted by Crippen LogP contribution is 2.21. The predicted molar refractivity (Wildman–Crippen MR) is 108 cm³/mol. The van der Waals surface area contributed by atoms with Crippen LogP contribution < -0.4 is 10.2 Å². The molecule has 0 bridgehead atoms. The van der Waals surface area contributed by atoms with E-state index in [4.69, 9.17) is 0 Å². The van der Waals surface area contributed by atoms with E-state index in [1.807, 2.05) is 60.7 Å². The quantitative estimate of drug-likeness (QED) is 0.716. The predicted octanol–water partition coefficient (Wildman–Crippen LogP) is 3.82. The molecule has 0 atom stereocenters. The van der Waals surface area contributed by atoms with Gasteiger partial charge in [0.2, 0.25) is 0 Å². The largest absolute Gasteiger partial charge is 0.349 e. The van der Waals surface area contributed by atoms with Crippen LogP contribution in [0.25, 0.3) is 0 Å². The number of pyridine rings is 1. The van der Waals surface area contributed by atoms with E-state index in [1.165, 1.54) is 12.4 Å². The maximum absolute atomic E-state index is 13.3. The molecule has 5 nitrogen and oxygen atoms in total. The zero-order valence-electron chi connectivity index (χ0n) is 15.4. The number of aromatic nitrogens is 1. The molecule has 1 aliphatic rings. The highest BCUT2D eigenvalue weighted by molar-refractivity contribution is 6.07. The van der Waals surface area contributed by atoms with E-state index < -0.39 is 0 Å². The molecule has 2 aromatic carbocycles. The minimum absolute atomic E-state index is 0.182. The third kappa shape index (κ3) is 4.26. The number of carbonyl (C=O) groups is 2. The van der Waals surface area contributed by atoms with Gasteiger partial charge in [0, 0.05) is 24.1 Å². The van der Waals surface area contributed by atoms with Crippen molar-refractivity contribution in [3.05, 3.63) is 95.8 Å². The molecule has 1 N–H and O–H groups in total. The van der Waals surface area contributed by atoms with Crippen molar-refractivity contribution in [2.75, 3.05) is 4.90 Å². The van der Waals surface area contributed by atoms with Gasteiger partial charge in [0.1, 0.15) is 0 Å². The summed E-state index contributed by atoms with van der Waals surface area (Å²) in [5.74, 6) is -0.373. The number of nitrogens with one attached hydrogen (secondary N) is 1. The first-order valence-corrected chi connectivity index (χ1v) is 9.37. The van der Waals surface area contributed by atoms with E-state index in [2.05, 4.69) is 10.3 Å². The number of hydrogen-bond donors (Lipinski definition) is 1. The van der Waals surface area contributed by atoms with Crippen molar-refractivity contribution in [2.45, 2.75) is 25.4 Å². The van der Waals surface area contributed by atoms with Crippen LogP contribution in [0.4, 0.5) is 5.69 Å². The second-order valence-corrected chi connectivity index (χ2v) is 6.92. The molecule has 0 saturated heterocycles. The fourth-order valence-electron chi connectivity index (χ4n) is 2.99. The van der Waals surface area contributed by atoms with Crippen LogP contribution in [0.2, 0.25) is 0 Å². The summed E-state index contributed by atoms with van der Waals surface area (Å²) >= 11 is 0. The van der Waals surface area contributed by atoms with Gasteiger partial charge < -0.3 is 10.2 Å². The van der Waals surface area contributed by atoms with Gasteiger partial charge in [-0.1, -0.05) is 48.5 Å². The molecule has 0 unspecified atom stereocenters. The van der Waals surface area contributed by atoms with Crippen LogP contribution in [0.5, 0.6) is 0 Å². The fourth-order valence-corrected chi connectivity index (χ4v) is 2.99. The third-order valence-electron chi connectivity index (χ3n) is 4.66. The normalized spacial score (nSPS) is 13.0. The molecule has 1 saturated carbocycles. The Hall–Kier alpha value is -3.47. The Morgan fingerprint density at radius 3 is 2.25 bits per heavy atom. The second-order valence-electron chi connectivity index (χ2n) is 6.92. The number of anilines is 1. The summed E-state index contributed by atoms with van der Waals surface area (Å²) in [6, 6.07) is 21.2. The first-order valence-electron chi connectivity index (χ1n) is 9.37. The van der Waals surface area contributed by atoms with Crippen LogP contribution >= 0.6 is 0 Å². The van der Waals surface area contributed by atoms with E-state index in [1.54, 1.807) is 11.0 Å². The summed E-state index contributed by atoms with van der Waals surface area (Å²) < 4.78 is 0. The smallest absolute Gasteiger partial charge is 0.260 e. The maximum atomic E-state index is 13.3. The molecular formula is C23H21N3O2. The van der Waals surface area contributed by atoms with Crippen molar-refractivity contribution in [1.29, 1.82) is 0 Å². The summed E-state index contributed by atoms with van der Waals surface area (Å²) in [5.41, 5.74) is 2.62. The van der Waals surface area contributed by atoms with E-state index in [-0.39, 0.29) is 17.9 Å². The molecule has 4 rings (SSSR count). The van der Waals surface area contributed by atoms with Gasteiger partial charge in [-0.05, 0) is 36.6 Å². The molecule has 5 heteroatoms. The standard InChI is InChI=1S/C23H21N3O2/c27-22(25-20-11-12-20)18-13-19(15-24-14-18)23(28)26(21-9-5-2-6-10-21)16-17-7-3-1-4-8-17/h1-10,13-15,20H,11-12,16H2,(H,25,27). The van der Waals surface area contributed by atoms with Crippen LogP contribution in [0.15, 0.2) is 79.1 Å². The number of nitrogens with zero attached hydrogens (tertiary/aromatic N) is 2. The molecule has 0 spiro atoms. The molecule has 0 radical (unpaired) electrons. The van der Waals surface area contributed by atoms with Crippen molar-refractivity contribution in [3.63, 3.8) is 0 Å². The second kappa shape index (κ2) is 8.05. The van der Waals surface area contributed by atoms with Crippen LogP contribution in [0.3, 0.4) is 0 Å². The minimum atomic E-state index is -0.191. The van der Waals surface area contributed by atoms with Crippen LogP contribution in [-0.2, 0) is 6.54 Å². The molecule has 140 valence electrons. The maximum Gasteiger partial charge on any atom is 0.260 e. The Labute approximate surface area is 164 Å². The van der Waals surface area contributed by atoms with Gasteiger partial charge in [-0.2, -0.15) is 0 Å². The van der Waals surface area contributed by atoms with Crippen LogP contribution in [-0.4, -0.2) is 22.8 Å². The topological polar surface area (TPSA) is 62.3 Å². The third-order valence-corrected chi connectivity index (χ3v) is 4.66. The van der Waals surface area contributed by atoms with Gasteiger partial charge in [-0.3, -0.25) is 14.6 Å². The Balaban J connectivity index is 1.62. The highest BCUT2D eigenvalue weighted by Gasteiger charge is 2.25. The summed E-state index contributed by atoms with van der Waals surface area (Å²) in [6.07, 6.45) is 5.03. The van der Waals surface area contributed by atoms with E-state index in [9.17, 15) is 9.59 Å². The molecule has 3 aromatic rings. The zero-order chi connectivity index (χ0) is 19.3. The zero-order valence-corrected chi connectivity index (χ0v) is 15.4. The molecule has 28 heavy (non-hydrogen) atoms. The van der Waals surface area contributed by atoms with Crippen LogP contribution in [0.1, 0.15) is 39.1 Å². The molecule has 1 heterocycles. The van der Waals surface area contributed by atoms with Gasteiger partial charge in [-0.15, -0.1) is 0 Å². The monoisotopic (exact) mass is 371 g/mol. The SMILES string of the molecule is O=C(NC1CC1)c1cncc(C(=O)N(Cc2ccccc2)c2ccccc2)c1. The van der Waals surface area contributed by atoms with Crippen molar-refractivity contribution in [3.8, 4) is 0 Å². The summed E-state index contributed by atoms with van der Waals surface area (Å²) in [4.78, 5) is 31.5.